The van der Waals surface area contributed by atoms with Crippen LogP contribution in [-0.4, -0.2) is 88.8 Å². The van der Waals surface area contributed by atoms with Crippen LogP contribution in [0, 0.1) is 0 Å². The molecule has 3 rings (SSSR count). The highest BCUT2D eigenvalue weighted by molar-refractivity contribution is 5.73. The second-order valence-corrected chi connectivity index (χ2v) is 8.33. The second kappa shape index (κ2) is 9.86. The van der Waals surface area contributed by atoms with Gasteiger partial charge in [0.25, 0.3) is 0 Å². The highest BCUT2D eigenvalue weighted by Crippen LogP contribution is 2.28. The van der Waals surface area contributed by atoms with E-state index >= 15 is 0 Å². The Morgan fingerprint density at radius 3 is 1.94 bits per heavy atom. The molecule has 2 aromatic rings. The third-order valence-electron chi connectivity index (χ3n) is 5.68. The molecule has 1 saturated heterocycles. The number of benzene rings is 2. The van der Waals surface area contributed by atoms with E-state index in [0.717, 1.165) is 11.1 Å². The molecule has 0 aromatic heterocycles. The van der Waals surface area contributed by atoms with Crippen molar-refractivity contribution in [2.24, 2.45) is 0 Å². The molecule has 0 amide bonds. The van der Waals surface area contributed by atoms with E-state index in [9.17, 15) is 25.2 Å². The van der Waals surface area contributed by atoms with Crippen LogP contribution >= 0.6 is 0 Å². The van der Waals surface area contributed by atoms with Gasteiger partial charge < -0.3 is 29.9 Å². The number of aliphatic hydroxyl groups excluding tert-OH is 3. The van der Waals surface area contributed by atoms with Gasteiger partial charge >= 0.3 is 5.97 Å². The Morgan fingerprint density at radius 1 is 0.935 bits per heavy atom. The van der Waals surface area contributed by atoms with Gasteiger partial charge in [0.2, 0.25) is 6.23 Å². The van der Waals surface area contributed by atoms with Gasteiger partial charge in [-0.1, -0.05) is 60.7 Å². The summed E-state index contributed by atoms with van der Waals surface area (Å²) in [5.41, 5.74) is 2.00. The summed E-state index contributed by atoms with van der Waals surface area (Å²) in [6.07, 6.45) is -7.74. The number of likely N-dealkylation sites (N-methyl/N-ethyl adjacent to an activating group) is 1. The average molecular weight is 432 g/mol. The Kier molecular flexibility index (Phi) is 7.42. The topological polar surface area (TPSA) is 116 Å². The van der Waals surface area contributed by atoms with Crippen LogP contribution in [0.5, 0.6) is 0 Å². The highest BCUT2D eigenvalue weighted by atomic mass is 16.6. The number of aliphatic carboxylic acids is 1. The molecule has 168 valence electrons. The van der Waals surface area contributed by atoms with Crippen LogP contribution in [0.2, 0.25) is 0 Å². The van der Waals surface area contributed by atoms with Crippen molar-refractivity contribution in [1.29, 1.82) is 0 Å². The van der Waals surface area contributed by atoms with Crippen molar-refractivity contribution >= 4 is 5.97 Å². The van der Waals surface area contributed by atoms with Gasteiger partial charge in [-0.25, -0.2) is 4.79 Å². The van der Waals surface area contributed by atoms with Crippen molar-refractivity contribution in [2.45, 2.75) is 36.7 Å². The molecule has 0 spiro atoms. The minimum absolute atomic E-state index is 0.0328. The predicted octanol–water partition coefficient (Wildman–Crippen LogP) is 0.761. The Bertz CT molecular complexity index is 806. The van der Waals surface area contributed by atoms with Crippen LogP contribution in [0.3, 0.4) is 0 Å². The first-order valence-electron chi connectivity index (χ1n) is 10.2. The number of rotatable bonds is 8. The number of hydrogen-bond donors (Lipinski definition) is 4. The zero-order valence-electron chi connectivity index (χ0n) is 17.6. The van der Waals surface area contributed by atoms with Crippen LogP contribution in [0.1, 0.15) is 17.2 Å². The summed E-state index contributed by atoms with van der Waals surface area (Å²) in [4.78, 5) is 11.4. The van der Waals surface area contributed by atoms with E-state index in [2.05, 4.69) is 0 Å². The van der Waals surface area contributed by atoms with E-state index in [1.807, 2.05) is 60.7 Å². The molecule has 4 N–H and O–H groups in total. The third-order valence-corrected chi connectivity index (χ3v) is 5.68. The van der Waals surface area contributed by atoms with E-state index in [1.54, 1.807) is 14.1 Å². The molecule has 0 bridgehead atoms. The Hall–Kier alpha value is -2.33. The number of hydrogen-bond acceptors (Lipinski definition) is 6. The predicted molar refractivity (Wildman–Crippen MR) is 112 cm³/mol. The van der Waals surface area contributed by atoms with Gasteiger partial charge in [-0.15, -0.1) is 0 Å². The summed E-state index contributed by atoms with van der Waals surface area (Å²) < 4.78 is 11.7. The van der Waals surface area contributed by atoms with Crippen molar-refractivity contribution in [3.63, 3.8) is 0 Å². The molecule has 1 aliphatic rings. The van der Waals surface area contributed by atoms with Gasteiger partial charge in [-0.05, 0) is 11.1 Å². The van der Waals surface area contributed by atoms with Gasteiger partial charge in [-0.3, -0.25) is 4.48 Å². The standard InChI is InChI=1S/C23H29NO7/c1-24(2,22-19(27)17(25)18(26)21(31-22)23(28)29)13-14-30-20(15-9-5-3-6-10-15)16-11-7-4-8-12-16/h3-12,17-22,25-27H,13-14H2,1-2H3/p+1/t17?,18-,19?,21?,22+/m0/s1. The minimum atomic E-state index is -1.71. The smallest absolute Gasteiger partial charge is 0.335 e. The van der Waals surface area contributed by atoms with Crippen LogP contribution < -0.4 is 0 Å². The first-order chi connectivity index (χ1) is 14.7. The lowest BCUT2D eigenvalue weighted by atomic mass is 9.97. The quantitative estimate of drug-likeness (QED) is 0.455. The number of carbonyl (C=O) groups is 1. The summed E-state index contributed by atoms with van der Waals surface area (Å²) in [7, 11) is 3.50. The maximum atomic E-state index is 11.4. The lowest BCUT2D eigenvalue weighted by Crippen LogP contribution is -2.68. The first-order valence-corrected chi connectivity index (χ1v) is 10.2. The first kappa shape index (κ1) is 23.3. The van der Waals surface area contributed by atoms with Gasteiger partial charge in [-0.2, -0.15) is 0 Å². The van der Waals surface area contributed by atoms with E-state index in [-0.39, 0.29) is 17.2 Å². The second-order valence-electron chi connectivity index (χ2n) is 8.33. The molecule has 0 radical (unpaired) electrons. The average Bonchev–Trinajstić information content (AvgIpc) is 2.76. The van der Waals surface area contributed by atoms with E-state index in [4.69, 9.17) is 9.47 Å². The maximum absolute atomic E-state index is 11.4. The fourth-order valence-electron chi connectivity index (χ4n) is 3.82. The molecule has 1 aliphatic heterocycles. The third kappa shape index (κ3) is 5.30. The summed E-state index contributed by atoms with van der Waals surface area (Å²) in [6, 6.07) is 19.6. The van der Waals surface area contributed by atoms with Crippen LogP contribution in [0.25, 0.3) is 0 Å². The van der Waals surface area contributed by atoms with Crippen molar-refractivity contribution in [2.75, 3.05) is 27.2 Å². The number of ether oxygens (including phenoxy) is 2. The lowest BCUT2D eigenvalue weighted by molar-refractivity contribution is -0.944. The van der Waals surface area contributed by atoms with Gasteiger partial charge in [0.05, 0.1) is 20.7 Å². The molecule has 1 heterocycles. The highest BCUT2D eigenvalue weighted by Gasteiger charge is 2.52. The molecule has 8 heteroatoms. The van der Waals surface area contributed by atoms with Crippen LogP contribution in [0.15, 0.2) is 60.7 Å². The van der Waals surface area contributed by atoms with E-state index < -0.39 is 36.6 Å². The summed E-state index contributed by atoms with van der Waals surface area (Å²) in [6.45, 7) is 0.650. The maximum Gasteiger partial charge on any atom is 0.335 e. The zero-order chi connectivity index (χ0) is 22.6. The molecular weight excluding hydrogens is 402 g/mol. The van der Waals surface area contributed by atoms with Crippen molar-refractivity contribution in [3.8, 4) is 0 Å². The number of nitrogens with zero attached hydrogens (tertiary/aromatic N) is 1. The fourth-order valence-corrected chi connectivity index (χ4v) is 3.82. The minimum Gasteiger partial charge on any atom is -0.479 e. The largest absolute Gasteiger partial charge is 0.479 e. The molecular formula is C23H30NO7+. The normalized spacial score (nSPS) is 26.7. The summed E-state index contributed by atoms with van der Waals surface area (Å²) in [5.74, 6) is -1.40. The van der Waals surface area contributed by atoms with Crippen LogP contribution in [0.4, 0.5) is 0 Å². The SMILES string of the molecule is C[N+](C)(CCOC(c1ccccc1)c1ccccc1)[C@@H]1OC(C(=O)O)[C@@H](O)C(O)C1O. The number of aliphatic hydroxyl groups is 3. The molecule has 8 nitrogen and oxygen atoms in total. The molecule has 0 aliphatic carbocycles. The summed E-state index contributed by atoms with van der Waals surface area (Å²) in [5, 5.41) is 39.8. The van der Waals surface area contributed by atoms with Gasteiger partial charge in [0.15, 0.2) is 12.2 Å². The van der Waals surface area contributed by atoms with Gasteiger partial charge in [0, 0.05) is 0 Å². The molecule has 3 unspecified atom stereocenters. The van der Waals surface area contributed by atoms with Crippen molar-refractivity contribution < 1.29 is 39.2 Å². The van der Waals surface area contributed by atoms with Gasteiger partial charge in [0.1, 0.15) is 24.9 Å². The van der Waals surface area contributed by atoms with Crippen LogP contribution in [-0.2, 0) is 14.3 Å². The Morgan fingerprint density at radius 2 is 1.45 bits per heavy atom. The molecule has 2 aromatic carbocycles. The summed E-state index contributed by atoms with van der Waals surface area (Å²) >= 11 is 0. The zero-order valence-corrected chi connectivity index (χ0v) is 17.6. The number of carboxylic acids is 1. The Balaban J connectivity index is 1.71. The number of quaternary nitrogens is 1. The number of carboxylic acid groups (broad SMARTS) is 1. The van der Waals surface area contributed by atoms with E-state index in [1.165, 1.54) is 0 Å². The van der Waals surface area contributed by atoms with E-state index in [0.29, 0.717) is 6.54 Å². The molecule has 31 heavy (non-hydrogen) atoms. The monoisotopic (exact) mass is 432 g/mol. The lowest BCUT2D eigenvalue weighted by Gasteiger charge is -2.46. The fraction of sp³-hybridized carbons (Fsp3) is 0.435. The van der Waals surface area contributed by atoms with Crippen molar-refractivity contribution in [1.82, 2.24) is 0 Å². The van der Waals surface area contributed by atoms with Crippen molar-refractivity contribution in [3.05, 3.63) is 71.8 Å². The molecule has 5 atom stereocenters. The molecule has 0 saturated carbocycles. The molecule has 1 fully saturated rings. The Labute approximate surface area is 181 Å².